The Morgan fingerprint density at radius 2 is 2.09 bits per heavy atom. The molecular formula is C13H23N3O5S. The van der Waals surface area contributed by atoms with Gasteiger partial charge in [-0.25, -0.2) is 4.79 Å². The Kier molecular flexibility index (Phi) is 5.95. The van der Waals surface area contributed by atoms with E-state index >= 15 is 0 Å². The molecule has 0 radical (unpaired) electrons. The second-order valence-corrected chi connectivity index (χ2v) is 7.67. The van der Waals surface area contributed by atoms with Crippen molar-refractivity contribution in [2.24, 2.45) is 0 Å². The Morgan fingerprint density at radius 1 is 1.45 bits per heavy atom. The minimum Gasteiger partial charge on any atom is -0.444 e. The van der Waals surface area contributed by atoms with E-state index in [0.717, 1.165) is 6.26 Å². The average Bonchev–Trinajstić information content (AvgIpc) is 2.82. The lowest BCUT2D eigenvalue weighted by Gasteiger charge is -2.31. The van der Waals surface area contributed by atoms with E-state index in [1.807, 2.05) is 0 Å². The number of aromatic nitrogens is 2. The zero-order valence-electron chi connectivity index (χ0n) is 13.5. The Morgan fingerprint density at radius 3 is 2.55 bits per heavy atom. The molecule has 0 spiro atoms. The number of carbonyl (C=O) groups excluding carboxylic acids is 1. The van der Waals surface area contributed by atoms with E-state index in [-0.39, 0.29) is 13.2 Å². The van der Waals surface area contributed by atoms with Crippen LogP contribution < -0.4 is 0 Å². The molecule has 1 N–H and O–H groups in total. The second kappa shape index (κ2) is 7.10. The van der Waals surface area contributed by atoms with Gasteiger partial charge in [-0.05, 0) is 33.8 Å². The summed E-state index contributed by atoms with van der Waals surface area (Å²) in [6, 6.07) is 1.23. The number of hydrogen-bond donors (Lipinski definition) is 1. The number of nitrogens with zero attached hydrogens (tertiary/aromatic N) is 2. The van der Waals surface area contributed by atoms with Crippen LogP contribution in [-0.4, -0.2) is 54.1 Å². The molecule has 1 aromatic heterocycles. The smallest absolute Gasteiger partial charge is 0.410 e. The molecule has 1 amide bonds. The summed E-state index contributed by atoms with van der Waals surface area (Å²) >= 11 is 0. The van der Waals surface area contributed by atoms with Gasteiger partial charge in [0.15, 0.2) is 0 Å². The van der Waals surface area contributed by atoms with Crippen LogP contribution in [-0.2, 0) is 25.6 Å². The van der Waals surface area contributed by atoms with Crippen LogP contribution in [0.5, 0.6) is 0 Å². The number of H-pyrrole nitrogens is 1. The predicted molar refractivity (Wildman–Crippen MR) is 80.6 cm³/mol. The molecule has 1 heterocycles. The first-order chi connectivity index (χ1) is 9.98. The van der Waals surface area contributed by atoms with Crippen molar-refractivity contribution in [3.05, 3.63) is 18.0 Å². The Balaban J connectivity index is 2.83. The molecule has 0 aliphatic carbocycles. The van der Waals surface area contributed by atoms with Crippen LogP contribution in [0.15, 0.2) is 12.3 Å². The lowest BCUT2D eigenvalue weighted by atomic mass is 10.2. The maximum atomic E-state index is 12.3. The summed E-state index contributed by atoms with van der Waals surface area (Å²) in [6.45, 7) is 7.03. The van der Waals surface area contributed by atoms with Gasteiger partial charge in [0.25, 0.3) is 10.1 Å². The first-order valence-corrected chi connectivity index (χ1v) is 8.62. The zero-order chi connectivity index (χ0) is 17.0. The molecule has 126 valence electrons. The molecule has 0 aliphatic heterocycles. The molecule has 1 rings (SSSR count). The van der Waals surface area contributed by atoms with Gasteiger partial charge < -0.3 is 4.74 Å². The lowest BCUT2D eigenvalue weighted by Crippen LogP contribution is -2.44. The lowest BCUT2D eigenvalue weighted by molar-refractivity contribution is 0.0107. The topological polar surface area (TPSA) is 102 Å². The fourth-order valence-corrected chi connectivity index (χ4v) is 2.03. The number of nitrogens with one attached hydrogen (secondary N) is 1. The van der Waals surface area contributed by atoms with Crippen molar-refractivity contribution in [3.63, 3.8) is 0 Å². The van der Waals surface area contributed by atoms with E-state index in [1.165, 1.54) is 4.90 Å². The summed E-state index contributed by atoms with van der Waals surface area (Å²) in [5.41, 5.74) is 0.0536. The van der Waals surface area contributed by atoms with Crippen LogP contribution in [0.2, 0.25) is 0 Å². The maximum absolute atomic E-state index is 12.3. The number of ether oxygens (including phenoxy) is 1. The number of hydrogen-bond acceptors (Lipinski definition) is 6. The summed E-state index contributed by atoms with van der Waals surface area (Å²) in [4.78, 5) is 13.7. The molecule has 22 heavy (non-hydrogen) atoms. The predicted octanol–water partition coefficient (Wildman–Crippen LogP) is 1.51. The van der Waals surface area contributed by atoms with Crippen LogP contribution in [0.4, 0.5) is 4.79 Å². The Bertz CT molecular complexity index is 577. The first kappa shape index (κ1) is 18.4. The molecule has 0 fully saturated rings. The van der Waals surface area contributed by atoms with Crippen molar-refractivity contribution in [2.45, 2.75) is 45.9 Å². The summed E-state index contributed by atoms with van der Waals surface area (Å²) in [6.07, 6.45) is 1.99. The molecule has 0 saturated heterocycles. The summed E-state index contributed by atoms with van der Waals surface area (Å²) in [5, 5.41) is 6.58. The summed E-state index contributed by atoms with van der Waals surface area (Å²) in [7, 11) is -3.57. The highest BCUT2D eigenvalue weighted by Gasteiger charge is 2.27. The third kappa shape index (κ3) is 6.90. The molecular weight excluding hydrogens is 310 g/mol. The SMILES string of the molecule is CC(COS(C)(=O)=O)N(Cc1ccn[nH]1)C(=O)OC(C)(C)C. The first-order valence-electron chi connectivity index (χ1n) is 6.80. The summed E-state index contributed by atoms with van der Waals surface area (Å²) < 4.78 is 32.3. The molecule has 1 aromatic rings. The van der Waals surface area contributed by atoms with Crippen molar-refractivity contribution in [1.29, 1.82) is 0 Å². The van der Waals surface area contributed by atoms with Gasteiger partial charge in [-0.2, -0.15) is 13.5 Å². The normalized spacial score (nSPS) is 13.7. The van der Waals surface area contributed by atoms with Crippen molar-refractivity contribution < 1.29 is 22.1 Å². The van der Waals surface area contributed by atoms with Gasteiger partial charge in [0.05, 0.1) is 31.1 Å². The van der Waals surface area contributed by atoms with Crippen LogP contribution in [0, 0.1) is 0 Å². The van der Waals surface area contributed by atoms with E-state index in [1.54, 1.807) is 40.0 Å². The number of rotatable bonds is 6. The van der Waals surface area contributed by atoms with E-state index < -0.39 is 27.9 Å². The summed E-state index contributed by atoms with van der Waals surface area (Å²) in [5.74, 6) is 0. The Labute approximate surface area is 130 Å². The highest BCUT2D eigenvalue weighted by Crippen LogP contribution is 2.15. The number of amides is 1. The molecule has 0 bridgehead atoms. The molecule has 1 atom stereocenters. The van der Waals surface area contributed by atoms with Gasteiger partial charge in [0.2, 0.25) is 0 Å². The molecule has 0 aromatic carbocycles. The molecule has 0 aliphatic rings. The maximum Gasteiger partial charge on any atom is 0.410 e. The molecule has 0 saturated carbocycles. The standard InChI is InChI=1S/C13H23N3O5S/c1-10(9-20-22(5,18)19)16(8-11-6-7-14-15-11)12(17)21-13(2,3)4/h6-7,10H,8-9H2,1-5H3,(H,14,15). The quantitative estimate of drug-likeness (QED) is 0.792. The van der Waals surface area contributed by atoms with Crippen LogP contribution in [0.1, 0.15) is 33.4 Å². The van der Waals surface area contributed by atoms with E-state index in [4.69, 9.17) is 8.92 Å². The molecule has 9 heteroatoms. The van der Waals surface area contributed by atoms with Gasteiger partial charge in [-0.3, -0.25) is 14.2 Å². The average molecular weight is 333 g/mol. The minimum atomic E-state index is -3.57. The fourth-order valence-electron chi connectivity index (χ4n) is 1.59. The molecule has 8 nitrogen and oxygen atoms in total. The van der Waals surface area contributed by atoms with Crippen LogP contribution in [0.3, 0.4) is 0 Å². The van der Waals surface area contributed by atoms with Crippen molar-refractivity contribution >= 4 is 16.2 Å². The zero-order valence-corrected chi connectivity index (χ0v) is 14.3. The van der Waals surface area contributed by atoms with E-state index in [0.29, 0.717) is 5.69 Å². The fraction of sp³-hybridized carbons (Fsp3) is 0.692. The van der Waals surface area contributed by atoms with Gasteiger partial charge in [0.1, 0.15) is 5.60 Å². The number of aromatic amines is 1. The number of carbonyl (C=O) groups is 1. The van der Waals surface area contributed by atoms with E-state index in [2.05, 4.69) is 10.2 Å². The largest absolute Gasteiger partial charge is 0.444 e. The highest BCUT2D eigenvalue weighted by molar-refractivity contribution is 7.85. The van der Waals surface area contributed by atoms with Crippen molar-refractivity contribution in [1.82, 2.24) is 15.1 Å². The monoisotopic (exact) mass is 333 g/mol. The van der Waals surface area contributed by atoms with Crippen molar-refractivity contribution in [3.8, 4) is 0 Å². The second-order valence-electron chi connectivity index (χ2n) is 6.03. The third-order valence-electron chi connectivity index (χ3n) is 2.58. The third-order valence-corrected chi connectivity index (χ3v) is 3.15. The van der Waals surface area contributed by atoms with Crippen LogP contribution in [0.25, 0.3) is 0 Å². The molecule has 1 unspecified atom stereocenters. The van der Waals surface area contributed by atoms with Gasteiger partial charge in [-0.1, -0.05) is 0 Å². The van der Waals surface area contributed by atoms with Gasteiger partial charge >= 0.3 is 6.09 Å². The van der Waals surface area contributed by atoms with E-state index in [9.17, 15) is 13.2 Å². The van der Waals surface area contributed by atoms with Gasteiger partial charge in [-0.15, -0.1) is 0 Å². The highest BCUT2D eigenvalue weighted by atomic mass is 32.2. The van der Waals surface area contributed by atoms with Crippen LogP contribution >= 0.6 is 0 Å². The van der Waals surface area contributed by atoms with Gasteiger partial charge in [0, 0.05) is 6.20 Å². The minimum absolute atomic E-state index is 0.147. The van der Waals surface area contributed by atoms with Crippen molar-refractivity contribution in [2.75, 3.05) is 12.9 Å². The Hall–Kier alpha value is -1.61.